The SMILES string of the molecule is CCOc1nc2c(cc1Nc1ncc(Cl)c(Nc3ccccc3[S+]([O-])CC)n1)CN(C)CC2. The van der Waals surface area contributed by atoms with Crippen molar-refractivity contribution in [2.75, 3.05) is 36.6 Å². The smallest absolute Gasteiger partial charge is 0.238 e. The number of halogens is 1. The van der Waals surface area contributed by atoms with E-state index in [2.05, 4.69) is 32.5 Å². The van der Waals surface area contributed by atoms with Crippen molar-refractivity contribution < 1.29 is 9.29 Å². The Balaban J connectivity index is 1.63. The zero-order chi connectivity index (χ0) is 23.4. The predicted octanol–water partition coefficient (Wildman–Crippen LogP) is 4.53. The van der Waals surface area contributed by atoms with E-state index in [0.29, 0.717) is 51.3 Å². The Labute approximate surface area is 201 Å². The van der Waals surface area contributed by atoms with Crippen LogP contribution >= 0.6 is 11.6 Å². The summed E-state index contributed by atoms with van der Waals surface area (Å²) < 4.78 is 18.2. The van der Waals surface area contributed by atoms with Crippen LogP contribution in [0.1, 0.15) is 25.1 Å². The number of likely N-dealkylation sites (N-methyl/N-ethyl adjacent to an activating group) is 1. The molecule has 2 N–H and O–H groups in total. The molecule has 0 saturated carbocycles. The Morgan fingerprint density at radius 1 is 1.18 bits per heavy atom. The first-order valence-corrected chi connectivity index (χ1v) is 12.6. The topological polar surface area (TPSA) is 98.3 Å². The summed E-state index contributed by atoms with van der Waals surface area (Å²) in [6.45, 7) is 6.10. The van der Waals surface area contributed by atoms with Gasteiger partial charge in [-0.3, -0.25) is 0 Å². The van der Waals surface area contributed by atoms with E-state index in [1.807, 2.05) is 44.2 Å². The standard InChI is InChI=1S/C23H27ClN6O2S/c1-4-32-22-19(12-15-14-30(3)11-10-17(15)27-22)28-23-25-13-16(24)21(29-23)26-18-8-6-7-9-20(18)33(31)5-2/h6-9,12-13H,4-5,10-11,14H2,1-3H3,(H2,25,26,28,29). The molecule has 3 heterocycles. The van der Waals surface area contributed by atoms with Gasteiger partial charge in [-0.25, -0.2) is 9.97 Å². The van der Waals surface area contributed by atoms with Crippen molar-refractivity contribution in [3.63, 3.8) is 0 Å². The number of fused-ring (bicyclic) bond motifs is 1. The number of anilines is 4. The van der Waals surface area contributed by atoms with E-state index in [1.54, 1.807) is 0 Å². The Morgan fingerprint density at radius 2 is 2.00 bits per heavy atom. The Kier molecular flexibility index (Phi) is 7.54. The van der Waals surface area contributed by atoms with Gasteiger partial charge >= 0.3 is 0 Å². The van der Waals surface area contributed by atoms with Crippen molar-refractivity contribution in [3.8, 4) is 5.88 Å². The number of hydrogen-bond acceptors (Lipinski definition) is 8. The molecule has 0 fully saturated rings. The Morgan fingerprint density at radius 3 is 2.79 bits per heavy atom. The lowest BCUT2D eigenvalue weighted by atomic mass is 10.1. The summed E-state index contributed by atoms with van der Waals surface area (Å²) in [7, 11) is 2.09. The molecule has 0 saturated heterocycles. The van der Waals surface area contributed by atoms with Gasteiger partial charge in [0.05, 0.1) is 24.2 Å². The second-order valence-corrected chi connectivity index (χ2v) is 9.75. The average molecular weight is 487 g/mol. The van der Waals surface area contributed by atoms with Crippen LogP contribution in [-0.2, 0) is 24.1 Å². The normalized spacial score (nSPS) is 14.5. The molecule has 1 aliphatic heterocycles. The molecule has 0 radical (unpaired) electrons. The van der Waals surface area contributed by atoms with E-state index in [4.69, 9.17) is 21.3 Å². The molecule has 0 bridgehead atoms. The molecule has 10 heteroatoms. The van der Waals surface area contributed by atoms with Crippen LogP contribution in [0.3, 0.4) is 0 Å². The molecule has 1 unspecified atom stereocenters. The molecule has 0 amide bonds. The number of rotatable bonds is 8. The van der Waals surface area contributed by atoms with Gasteiger partial charge in [-0.2, -0.15) is 4.98 Å². The third kappa shape index (κ3) is 5.50. The predicted molar refractivity (Wildman–Crippen MR) is 132 cm³/mol. The zero-order valence-corrected chi connectivity index (χ0v) is 20.5. The van der Waals surface area contributed by atoms with Gasteiger partial charge in [-0.1, -0.05) is 23.7 Å². The maximum atomic E-state index is 12.4. The van der Waals surface area contributed by atoms with E-state index >= 15 is 0 Å². The second-order valence-electron chi connectivity index (χ2n) is 7.64. The van der Waals surface area contributed by atoms with Crippen LogP contribution in [0.15, 0.2) is 41.4 Å². The summed E-state index contributed by atoms with van der Waals surface area (Å²) in [5.41, 5.74) is 3.60. The fraction of sp³-hybridized carbons (Fsp3) is 0.348. The van der Waals surface area contributed by atoms with E-state index in [0.717, 1.165) is 30.8 Å². The minimum Gasteiger partial charge on any atom is -0.611 e. The largest absolute Gasteiger partial charge is 0.611 e. The monoisotopic (exact) mass is 486 g/mol. The lowest BCUT2D eigenvalue weighted by molar-refractivity contribution is 0.301. The van der Waals surface area contributed by atoms with E-state index in [1.165, 1.54) is 6.20 Å². The van der Waals surface area contributed by atoms with Crippen molar-refractivity contribution in [3.05, 3.63) is 52.8 Å². The van der Waals surface area contributed by atoms with Crippen molar-refractivity contribution in [1.82, 2.24) is 19.9 Å². The summed E-state index contributed by atoms with van der Waals surface area (Å²) in [4.78, 5) is 16.6. The molecule has 0 spiro atoms. The number of ether oxygens (including phenoxy) is 1. The van der Waals surface area contributed by atoms with Gasteiger partial charge < -0.3 is 24.8 Å². The molecule has 3 aromatic rings. The molecular weight excluding hydrogens is 460 g/mol. The van der Waals surface area contributed by atoms with Crippen LogP contribution in [0.5, 0.6) is 5.88 Å². The van der Waals surface area contributed by atoms with Crippen LogP contribution in [0.25, 0.3) is 0 Å². The molecule has 4 rings (SSSR count). The van der Waals surface area contributed by atoms with Gasteiger partial charge in [-0.05, 0) is 55.8 Å². The number of pyridine rings is 1. The maximum Gasteiger partial charge on any atom is 0.238 e. The van der Waals surface area contributed by atoms with E-state index < -0.39 is 11.2 Å². The summed E-state index contributed by atoms with van der Waals surface area (Å²) in [5.74, 6) is 1.81. The van der Waals surface area contributed by atoms with Gasteiger partial charge in [0, 0.05) is 19.5 Å². The van der Waals surface area contributed by atoms with Crippen LogP contribution < -0.4 is 15.4 Å². The quantitative estimate of drug-likeness (QED) is 0.448. The van der Waals surface area contributed by atoms with Gasteiger partial charge in [0.1, 0.15) is 16.5 Å². The molecule has 33 heavy (non-hydrogen) atoms. The molecule has 1 aliphatic rings. The van der Waals surface area contributed by atoms with Gasteiger partial charge in [-0.15, -0.1) is 0 Å². The number of aromatic nitrogens is 3. The highest BCUT2D eigenvalue weighted by Crippen LogP contribution is 2.32. The summed E-state index contributed by atoms with van der Waals surface area (Å²) in [6.07, 6.45) is 2.41. The summed E-state index contributed by atoms with van der Waals surface area (Å²) in [6, 6.07) is 9.47. The second kappa shape index (κ2) is 10.6. The third-order valence-electron chi connectivity index (χ3n) is 5.25. The van der Waals surface area contributed by atoms with E-state index in [-0.39, 0.29) is 0 Å². The minimum atomic E-state index is -1.12. The van der Waals surface area contributed by atoms with Crippen molar-refractivity contribution >= 4 is 45.9 Å². The first kappa shape index (κ1) is 23.6. The number of para-hydroxylation sites is 1. The van der Waals surface area contributed by atoms with Gasteiger partial charge in [0.15, 0.2) is 10.7 Å². The molecule has 8 nitrogen and oxygen atoms in total. The van der Waals surface area contributed by atoms with Crippen molar-refractivity contribution in [1.29, 1.82) is 0 Å². The fourth-order valence-corrected chi connectivity index (χ4v) is 4.66. The lowest BCUT2D eigenvalue weighted by Crippen LogP contribution is -2.27. The molecule has 174 valence electrons. The van der Waals surface area contributed by atoms with Crippen LogP contribution in [-0.4, -0.2) is 50.4 Å². The Bertz CT molecular complexity index is 1130. The fourth-order valence-electron chi connectivity index (χ4n) is 3.62. The van der Waals surface area contributed by atoms with Gasteiger partial charge in [0.2, 0.25) is 11.8 Å². The lowest BCUT2D eigenvalue weighted by Gasteiger charge is -2.25. The number of nitrogens with zero attached hydrogens (tertiary/aromatic N) is 4. The number of nitrogens with one attached hydrogen (secondary N) is 2. The average Bonchev–Trinajstić information content (AvgIpc) is 2.81. The molecule has 1 atom stereocenters. The van der Waals surface area contributed by atoms with Crippen molar-refractivity contribution in [2.45, 2.75) is 31.7 Å². The van der Waals surface area contributed by atoms with E-state index in [9.17, 15) is 4.55 Å². The highest BCUT2D eigenvalue weighted by molar-refractivity contribution is 7.91. The molecule has 1 aromatic carbocycles. The van der Waals surface area contributed by atoms with Crippen LogP contribution in [0.4, 0.5) is 23.1 Å². The summed E-state index contributed by atoms with van der Waals surface area (Å²) >= 11 is 5.25. The summed E-state index contributed by atoms with van der Waals surface area (Å²) in [5, 5.41) is 6.80. The number of benzene rings is 1. The van der Waals surface area contributed by atoms with Crippen LogP contribution in [0, 0.1) is 0 Å². The van der Waals surface area contributed by atoms with Crippen LogP contribution in [0.2, 0.25) is 5.02 Å². The zero-order valence-electron chi connectivity index (χ0n) is 18.9. The maximum absolute atomic E-state index is 12.4. The number of hydrogen-bond donors (Lipinski definition) is 2. The van der Waals surface area contributed by atoms with Gasteiger partial charge in [0.25, 0.3) is 0 Å². The minimum absolute atomic E-state index is 0.350. The van der Waals surface area contributed by atoms with Crippen molar-refractivity contribution in [2.24, 2.45) is 0 Å². The highest BCUT2D eigenvalue weighted by Gasteiger charge is 2.20. The molecule has 0 aliphatic carbocycles. The molecular formula is C23H27ClN6O2S. The first-order valence-electron chi connectivity index (χ1n) is 10.9. The molecule has 2 aromatic heterocycles. The highest BCUT2D eigenvalue weighted by atomic mass is 35.5. The third-order valence-corrected chi connectivity index (χ3v) is 6.89. The first-order chi connectivity index (χ1) is 16.0. The Hall–Kier alpha value is -2.59.